The molecule has 0 saturated heterocycles. The zero-order chi connectivity index (χ0) is 18.7. The Balaban J connectivity index is 1.56. The van der Waals surface area contributed by atoms with Crippen LogP contribution in [0.3, 0.4) is 0 Å². The van der Waals surface area contributed by atoms with Crippen molar-refractivity contribution >= 4 is 27.3 Å². The third-order valence-corrected chi connectivity index (χ3v) is 5.60. The van der Waals surface area contributed by atoms with Gasteiger partial charge in [-0.1, -0.05) is 18.2 Å². The van der Waals surface area contributed by atoms with Crippen molar-refractivity contribution in [2.24, 2.45) is 0 Å². The number of halogens is 1. The minimum Gasteiger partial charge on any atom is -0.326 e. The lowest BCUT2D eigenvalue weighted by Gasteiger charge is -2.16. The summed E-state index contributed by atoms with van der Waals surface area (Å²) in [6.45, 7) is 0.425. The Labute approximate surface area is 152 Å². The number of nitrogens with zero attached hydrogens (tertiary/aromatic N) is 1. The SMILES string of the molecule is CS(=O)(=O)N1CCc2cc(NC(=O)CCCc3ccccc3F)ccc21. The van der Waals surface area contributed by atoms with Gasteiger partial charge in [-0.05, 0) is 54.7 Å². The van der Waals surface area contributed by atoms with Crippen molar-refractivity contribution in [3.05, 3.63) is 59.4 Å². The number of carbonyl (C=O) groups excluding carboxylic acids is 1. The molecule has 0 aromatic heterocycles. The van der Waals surface area contributed by atoms with Crippen LogP contribution < -0.4 is 9.62 Å². The summed E-state index contributed by atoms with van der Waals surface area (Å²) in [6.07, 6.45) is 3.17. The molecule has 1 aliphatic rings. The van der Waals surface area contributed by atoms with E-state index in [1.54, 1.807) is 30.3 Å². The summed E-state index contributed by atoms with van der Waals surface area (Å²) >= 11 is 0. The van der Waals surface area contributed by atoms with Gasteiger partial charge in [0.05, 0.1) is 11.9 Å². The first kappa shape index (κ1) is 18.4. The van der Waals surface area contributed by atoms with Gasteiger partial charge in [0.15, 0.2) is 0 Å². The molecule has 0 radical (unpaired) electrons. The number of rotatable bonds is 6. The van der Waals surface area contributed by atoms with E-state index in [0.29, 0.717) is 49.2 Å². The Morgan fingerprint density at radius 2 is 2.00 bits per heavy atom. The molecule has 0 unspecified atom stereocenters. The van der Waals surface area contributed by atoms with E-state index in [1.807, 2.05) is 6.07 Å². The van der Waals surface area contributed by atoms with Crippen LogP contribution in [0.1, 0.15) is 24.0 Å². The first-order valence-electron chi connectivity index (χ1n) is 8.48. The van der Waals surface area contributed by atoms with Crippen molar-refractivity contribution in [3.8, 4) is 0 Å². The number of nitrogens with one attached hydrogen (secondary N) is 1. The van der Waals surface area contributed by atoms with Gasteiger partial charge in [-0.15, -0.1) is 0 Å². The third-order valence-electron chi connectivity index (χ3n) is 4.42. The Morgan fingerprint density at radius 3 is 2.73 bits per heavy atom. The zero-order valence-electron chi connectivity index (χ0n) is 14.5. The molecule has 2 aromatic carbocycles. The fourth-order valence-corrected chi connectivity index (χ4v) is 4.12. The van der Waals surface area contributed by atoms with Crippen molar-refractivity contribution in [1.82, 2.24) is 0 Å². The molecule has 2 aromatic rings. The maximum absolute atomic E-state index is 13.6. The predicted molar refractivity (Wildman–Crippen MR) is 100 cm³/mol. The van der Waals surface area contributed by atoms with Crippen LogP contribution in [-0.2, 0) is 27.7 Å². The monoisotopic (exact) mass is 376 g/mol. The average molecular weight is 376 g/mol. The zero-order valence-corrected chi connectivity index (χ0v) is 15.4. The molecule has 138 valence electrons. The van der Waals surface area contributed by atoms with Gasteiger partial charge in [0.2, 0.25) is 15.9 Å². The second kappa shape index (κ2) is 7.45. The van der Waals surface area contributed by atoms with E-state index >= 15 is 0 Å². The van der Waals surface area contributed by atoms with Crippen LogP contribution in [0, 0.1) is 5.82 Å². The lowest BCUT2D eigenvalue weighted by molar-refractivity contribution is -0.116. The maximum Gasteiger partial charge on any atom is 0.232 e. The van der Waals surface area contributed by atoms with Gasteiger partial charge in [-0.3, -0.25) is 9.10 Å². The molecular weight excluding hydrogens is 355 g/mol. The number of sulfonamides is 1. The van der Waals surface area contributed by atoms with Crippen LogP contribution >= 0.6 is 0 Å². The highest BCUT2D eigenvalue weighted by Gasteiger charge is 2.26. The highest BCUT2D eigenvalue weighted by atomic mass is 32.2. The normalized spacial score (nSPS) is 13.5. The maximum atomic E-state index is 13.6. The molecule has 26 heavy (non-hydrogen) atoms. The van der Waals surface area contributed by atoms with E-state index in [-0.39, 0.29) is 11.7 Å². The molecule has 0 saturated carbocycles. The topological polar surface area (TPSA) is 66.5 Å². The molecule has 1 N–H and O–H groups in total. The summed E-state index contributed by atoms with van der Waals surface area (Å²) in [5, 5.41) is 2.83. The molecule has 0 spiro atoms. The fourth-order valence-electron chi connectivity index (χ4n) is 3.16. The van der Waals surface area contributed by atoms with Crippen LogP contribution in [0.4, 0.5) is 15.8 Å². The summed E-state index contributed by atoms with van der Waals surface area (Å²) in [6, 6.07) is 11.8. The molecule has 0 bridgehead atoms. The first-order valence-corrected chi connectivity index (χ1v) is 10.3. The van der Waals surface area contributed by atoms with Gasteiger partial charge >= 0.3 is 0 Å². The summed E-state index contributed by atoms with van der Waals surface area (Å²) in [5.74, 6) is -0.388. The van der Waals surface area contributed by atoms with E-state index in [4.69, 9.17) is 0 Å². The van der Waals surface area contributed by atoms with E-state index < -0.39 is 10.0 Å². The standard InChI is InChI=1S/C19H21FN2O3S/c1-26(24,25)22-12-11-15-13-16(9-10-18(15)22)21-19(23)8-4-6-14-5-2-3-7-17(14)20/h2-3,5,7,9-10,13H,4,6,8,11-12H2,1H3,(H,21,23). The van der Waals surface area contributed by atoms with E-state index in [9.17, 15) is 17.6 Å². The smallest absolute Gasteiger partial charge is 0.232 e. The number of amides is 1. The van der Waals surface area contributed by atoms with Crippen molar-refractivity contribution in [2.75, 3.05) is 22.4 Å². The Hall–Kier alpha value is -2.41. The molecule has 5 nitrogen and oxygen atoms in total. The van der Waals surface area contributed by atoms with Crippen molar-refractivity contribution in [2.45, 2.75) is 25.7 Å². The first-order chi connectivity index (χ1) is 12.3. The number of benzene rings is 2. The van der Waals surface area contributed by atoms with Crippen molar-refractivity contribution in [3.63, 3.8) is 0 Å². The van der Waals surface area contributed by atoms with Gasteiger partial charge in [-0.25, -0.2) is 12.8 Å². The van der Waals surface area contributed by atoms with Crippen molar-refractivity contribution < 1.29 is 17.6 Å². The predicted octanol–water partition coefficient (Wildman–Crippen LogP) is 3.11. The molecule has 1 aliphatic heterocycles. The van der Waals surface area contributed by atoms with Gasteiger partial charge in [0.1, 0.15) is 5.82 Å². The molecule has 0 atom stereocenters. The molecule has 7 heteroatoms. The lowest BCUT2D eigenvalue weighted by atomic mass is 10.1. The minimum absolute atomic E-state index is 0.140. The molecule has 0 aliphatic carbocycles. The molecule has 1 heterocycles. The van der Waals surface area contributed by atoms with E-state index in [1.165, 1.54) is 16.6 Å². The molecule has 3 rings (SSSR count). The number of hydrogen-bond acceptors (Lipinski definition) is 3. The van der Waals surface area contributed by atoms with Crippen LogP contribution in [0.15, 0.2) is 42.5 Å². The van der Waals surface area contributed by atoms with Crippen LogP contribution in [0.2, 0.25) is 0 Å². The van der Waals surface area contributed by atoms with E-state index in [2.05, 4.69) is 5.32 Å². The molecule has 1 amide bonds. The highest BCUT2D eigenvalue weighted by Crippen LogP contribution is 2.32. The number of anilines is 2. The second-order valence-electron chi connectivity index (χ2n) is 6.42. The van der Waals surface area contributed by atoms with Gasteiger partial charge < -0.3 is 5.32 Å². The third kappa shape index (κ3) is 4.22. The second-order valence-corrected chi connectivity index (χ2v) is 8.33. The van der Waals surface area contributed by atoms with Crippen LogP contribution in [0.25, 0.3) is 0 Å². The number of hydrogen-bond donors (Lipinski definition) is 1. The molecular formula is C19H21FN2O3S. The number of aryl methyl sites for hydroxylation is 1. The van der Waals surface area contributed by atoms with Crippen LogP contribution in [0.5, 0.6) is 0 Å². The van der Waals surface area contributed by atoms with Crippen LogP contribution in [-0.4, -0.2) is 27.1 Å². The summed E-state index contributed by atoms with van der Waals surface area (Å²) in [7, 11) is -3.28. The quantitative estimate of drug-likeness (QED) is 0.842. The number of carbonyl (C=O) groups is 1. The largest absolute Gasteiger partial charge is 0.326 e. The van der Waals surface area contributed by atoms with Gasteiger partial charge in [-0.2, -0.15) is 0 Å². The molecule has 0 fully saturated rings. The number of fused-ring (bicyclic) bond motifs is 1. The summed E-state index contributed by atoms with van der Waals surface area (Å²) < 4.78 is 38.4. The Morgan fingerprint density at radius 1 is 1.23 bits per heavy atom. The average Bonchev–Trinajstić information content (AvgIpc) is 3.00. The fraction of sp³-hybridized carbons (Fsp3) is 0.316. The summed E-state index contributed by atoms with van der Waals surface area (Å²) in [4.78, 5) is 12.1. The van der Waals surface area contributed by atoms with Gasteiger partial charge in [0.25, 0.3) is 0 Å². The minimum atomic E-state index is -3.28. The lowest BCUT2D eigenvalue weighted by Crippen LogP contribution is -2.27. The van der Waals surface area contributed by atoms with E-state index in [0.717, 1.165) is 5.56 Å². The Bertz CT molecular complexity index is 928. The van der Waals surface area contributed by atoms with Crippen molar-refractivity contribution in [1.29, 1.82) is 0 Å². The Kier molecular flexibility index (Phi) is 5.27. The van der Waals surface area contributed by atoms with Gasteiger partial charge in [0, 0.05) is 18.7 Å². The highest BCUT2D eigenvalue weighted by molar-refractivity contribution is 7.92. The summed E-state index contributed by atoms with van der Waals surface area (Å²) in [5.41, 5.74) is 2.83.